The molecule has 2 rings (SSSR count). The topological polar surface area (TPSA) is 44.5 Å². The second kappa shape index (κ2) is 7.48. The van der Waals surface area contributed by atoms with Gasteiger partial charge in [-0.2, -0.15) is 0 Å². The van der Waals surface area contributed by atoms with Crippen molar-refractivity contribution in [1.82, 2.24) is 0 Å². The van der Waals surface area contributed by atoms with Gasteiger partial charge in [-0.3, -0.25) is 0 Å². The smallest absolute Gasteiger partial charge is 0.148 e. The zero-order valence-electron chi connectivity index (χ0n) is 12.8. The molecule has 0 bridgehead atoms. The molecule has 2 N–H and O–H groups in total. The summed E-state index contributed by atoms with van der Waals surface area (Å²) in [7, 11) is 0. The summed E-state index contributed by atoms with van der Waals surface area (Å²) in [4.78, 5) is 1.21. The molecule has 0 aliphatic heterocycles. The molecule has 0 radical (unpaired) electrons. The summed E-state index contributed by atoms with van der Waals surface area (Å²) < 4.78 is 11.6. The Balaban J connectivity index is 2.17. The third kappa shape index (κ3) is 3.99. The fraction of sp³-hybridized carbons (Fsp3) is 0.412. The number of aryl methyl sites for hydroxylation is 1. The van der Waals surface area contributed by atoms with Gasteiger partial charge in [0.15, 0.2) is 0 Å². The van der Waals surface area contributed by atoms with Crippen LogP contribution in [-0.4, -0.2) is 12.6 Å². The van der Waals surface area contributed by atoms with E-state index in [1.807, 2.05) is 31.2 Å². The Kier molecular flexibility index (Phi) is 5.65. The second-order valence-electron chi connectivity index (χ2n) is 4.98. The summed E-state index contributed by atoms with van der Waals surface area (Å²) in [6, 6.07) is 9.81. The molecule has 0 saturated carbocycles. The molecule has 2 atom stereocenters. The first-order valence-corrected chi connectivity index (χ1v) is 8.22. The first-order chi connectivity index (χ1) is 10.2. The van der Waals surface area contributed by atoms with Gasteiger partial charge >= 0.3 is 0 Å². The van der Waals surface area contributed by atoms with Crippen LogP contribution in [0.4, 0.5) is 0 Å². The van der Waals surface area contributed by atoms with Crippen molar-refractivity contribution in [3.8, 4) is 11.5 Å². The molecule has 1 heterocycles. The Hall–Kier alpha value is -1.52. The highest BCUT2D eigenvalue weighted by Gasteiger charge is 2.23. The number of ether oxygens (including phenoxy) is 2. The van der Waals surface area contributed by atoms with Crippen molar-refractivity contribution in [2.45, 2.75) is 39.3 Å². The molecule has 0 spiro atoms. The predicted octanol–water partition coefficient (Wildman–Crippen LogP) is 4.31. The van der Waals surface area contributed by atoms with Crippen molar-refractivity contribution in [3.05, 3.63) is 46.2 Å². The van der Waals surface area contributed by atoms with Crippen LogP contribution >= 0.6 is 11.3 Å². The van der Waals surface area contributed by atoms with Gasteiger partial charge in [-0.15, -0.1) is 11.3 Å². The maximum Gasteiger partial charge on any atom is 0.148 e. The fourth-order valence-corrected chi connectivity index (χ4v) is 3.18. The zero-order valence-corrected chi connectivity index (χ0v) is 13.7. The third-order valence-electron chi connectivity index (χ3n) is 3.42. The number of benzene rings is 1. The molecule has 2 aromatic rings. The number of rotatable bonds is 7. The van der Waals surface area contributed by atoms with Crippen LogP contribution in [-0.2, 0) is 0 Å². The Bertz CT molecular complexity index is 550. The van der Waals surface area contributed by atoms with Crippen molar-refractivity contribution >= 4 is 11.3 Å². The van der Waals surface area contributed by atoms with Crippen LogP contribution in [0.5, 0.6) is 11.5 Å². The quantitative estimate of drug-likeness (QED) is 0.829. The van der Waals surface area contributed by atoms with Crippen molar-refractivity contribution in [3.63, 3.8) is 0 Å². The van der Waals surface area contributed by atoms with Crippen molar-refractivity contribution in [2.24, 2.45) is 5.73 Å². The van der Waals surface area contributed by atoms with Crippen LogP contribution in [0.2, 0.25) is 0 Å². The van der Waals surface area contributed by atoms with Gasteiger partial charge in [0.25, 0.3) is 0 Å². The molecule has 4 heteroatoms. The Labute approximate surface area is 130 Å². The lowest BCUT2D eigenvalue weighted by atomic mass is 10.1. The maximum atomic E-state index is 6.26. The summed E-state index contributed by atoms with van der Waals surface area (Å²) in [6.07, 6.45) is 0.770. The molecule has 114 valence electrons. The van der Waals surface area contributed by atoms with E-state index in [4.69, 9.17) is 15.2 Å². The lowest BCUT2D eigenvalue weighted by molar-refractivity contribution is 0.174. The lowest BCUT2D eigenvalue weighted by Gasteiger charge is -2.24. The third-order valence-corrected chi connectivity index (χ3v) is 4.50. The van der Waals surface area contributed by atoms with Gasteiger partial charge in [-0.05, 0) is 61.5 Å². The Morgan fingerprint density at radius 1 is 1.10 bits per heavy atom. The summed E-state index contributed by atoms with van der Waals surface area (Å²) in [5, 5.41) is 2.08. The average Bonchev–Trinajstić information content (AvgIpc) is 2.92. The van der Waals surface area contributed by atoms with Crippen LogP contribution in [0, 0.1) is 6.92 Å². The molecule has 1 aromatic carbocycles. The van der Waals surface area contributed by atoms with Gasteiger partial charge < -0.3 is 15.2 Å². The number of nitrogens with two attached hydrogens (primary N) is 1. The normalized spacial score (nSPS) is 13.7. The van der Waals surface area contributed by atoms with Gasteiger partial charge in [0, 0.05) is 10.9 Å². The molecule has 21 heavy (non-hydrogen) atoms. The zero-order chi connectivity index (χ0) is 15.2. The first kappa shape index (κ1) is 15.9. The summed E-state index contributed by atoms with van der Waals surface area (Å²) in [5.41, 5.74) is 7.50. The van der Waals surface area contributed by atoms with Gasteiger partial charge in [0.05, 0.1) is 6.61 Å². The van der Waals surface area contributed by atoms with Crippen molar-refractivity contribution in [2.75, 3.05) is 6.61 Å². The maximum absolute atomic E-state index is 6.26. The van der Waals surface area contributed by atoms with Gasteiger partial charge in [0.2, 0.25) is 0 Å². The minimum atomic E-state index is -0.104. The van der Waals surface area contributed by atoms with Crippen molar-refractivity contribution in [1.29, 1.82) is 0 Å². The SMILES string of the molecule is CCOc1ccc(OC(c2sccc2C)C(N)CC)cc1. The number of thiophene rings is 1. The van der Waals surface area contributed by atoms with E-state index in [2.05, 4.69) is 25.3 Å². The lowest BCUT2D eigenvalue weighted by Crippen LogP contribution is -2.31. The molecule has 0 amide bonds. The minimum absolute atomic E-state index is 0.0195. The molecule has 0 fully saturated rings. The molecule has 0 aliphatic carbocycles. The predicted molar refractivity (Wildman–Crippen MR) is 88.3 cm³/mol. The van der Waals surface area contributed by atoms with Crippen LogP contribution in [0.15, 0.2) is 35.7 Å². The van der Waals surface area contributed by atoms with E-state index in [9.17, 15) is 0 Å². The van der Waals surface area contributed by atoms with Crippen LogP contribution in [0.1, 0.15) is 36.8 Å². The van der Waals surface area contributed by atoms with E-state index in [1.165, 1.54) is 10.4 Å². The molecular weight excluding hydrogens is 282 g/mol. The van der Waals surface area contributed by atoms with Gasteiger partial charge in [-0.25, -0.2) is 0 Å². The Morgan fingerprint density at radius 2 is 1.76 bits per heavy atom. The van der Waals surface area contributed by atoms with E-state index in [1.54, 1.807) is 11.3 Å². The molecule has 2 unspecified atom stereocenters. The van der Waals surface area contributed by atoms with E-state index < -0.39 is 0 Å². The number of hydrogen-bond donors (Lipinski definition) is 1. The minimum Gasteiger partial charge on any atom is -0.494 e. The second-order valence-corrected chi connectivity index (χ2v) is 5.93. The summed E-state index contributed by atoms with van der Waals surface area (Å²) in [5.74, 6) is 1.67. The van der Waals surface area contributed by atoms with E-state index in [-0.39, 0.29) is 12.1 Å². The molecule has 0 saturated heterocycles. The Morgan fingerprint density at radius 3 is 2.29 bits per heavy atom. The molecular formula is C17H23NO2S. The largest absolute Gasteiger partial charge is 0.494 e. The highest BCUT2D eigenvalue weighted by atomic mass is 32.1. The number of hydrogen-bond acceptors (Lipinski definition) is 4. The molecule has 3 nitrogen and oxygen atoms in total. The van der Waals surface area contributed by atoms with E-state index in [0.717, 1.165) is 17.9 Å². The monoisotopic (exact) mass is 305 g/mol. The summed E-state index contributed by atoms with van der Waals surface area (Å²) >= 11 is 1.70. The van der Waals surface area contributed by atoms with Crippen molar-refractivity contribution < 1.29 is 9.47 Å². The van der Waals surface area contributed by atoms with E-state index >= 15 is 0 Å². The van der Waals surface area contributed by atoms with Crippen LogP contribution in [0.3, 0.4) is 0 Å². The standard InChI is InChI=1S/C17H23NO2S/c1-4-15(18)16(17-12(3)10-11-21-17)20-14-8-6-13(7-9-14)19-5-2/h6-11,15-16H,4-5,18H2,1-3H3. The average molecular weight is 305 g/mol. The fourth-order valence-electron chi connectivity index (χ4n) is 2.15. The molecule has 0 aliphatic rings. The van der Waals surface area contributed by atoms with E-state index in [0.29, 0.717) is 6.61 Å². The first-order valence-electron chi connectivity index (χ1n) is 7.34. The van der Waals surface area contributed by atoms with Gasteiger partial charge in [0.1, 0.15) is 17.6 Å². The summed E-state index contributed by atoms with van der Waals surface area (Å²) in [6.45, 7) is 6.82. The highest BCUT2D eigenvalue weighted by Crippen LogP contribution is 2.32. The molecule has 1 aromatic heterocycles. The highest BCUT2D eigenvalue weighted by molar-refractivity contribution is 7.10. The van der Waals surface area contributed by atoms with Crippen LogP contribution in [0.25, 0.3) is 0 Å². The van der Waals surface area contributed by atoms with Crippen LogP contribution < -0.4 is 15.2 Å². The van der Waals surface area contributed by atoms with Gasteiger partial charge in [-0.1, -0.05) is 6.92 Å².